The minimum Gasteiger partial charge on any atom is -0.314 e. The lowest BCUT2D eigenvalue weighted by Crippen LogP contribution is -2.49. The van der Waals surface area contributed by atoms with Gasteiger partial charge in [0, 0.05) is 38.3 Å². The highest BCUT2D eigenvalue weighted by atomic mass is 15.3. The van der Waals surface area contributed by atoms with Gasteiger partial charge in [-0.3, -0.25) is 4.90 Å². The van der Waals surface area contributed by atoms with Crippen LogP contribution >= 0.6 is 0 Å². The van der Waals surface area contributed by atoms with Crippen molar-refractivity contribution < 1.29 is 0 Å². The average Bonchev–Trinajstić information content (AvgIpc) is 3.18. The molecule has 0 amide bonds. The molecule has 0 spiro atoms. The Morgan fingerprint density at radius 1 is 1.18 bits per heavy atom. The predicted octanol–water partition coefficient (Wildman–Crippen LogP) is 1.54. The van der Waals surface area contributed by atoms with Crippen LogP contribution in [0.3, 0.4) is 0 Å². The van der Waals surface area contributed by atoms with E-state index in [2.05, 4.69) is 29.0 Å². The van der Waals surface area contributed by atoms with Crippen LogP contribution in [0.2, 0.25) is 0 Å². The summed E-state index contributed by atoms with van der Waals surface area (Å²) in [5.74, 6) is 0. The molecule has 1 N–H and O–H groups in total. The Bertz CT molecular complexity index is 208. The molecule has 2 fully saturated rings. The molecule has 0 bridgehead atoms. The molecule has 1 saturated carbocycles. The zero-order valence-corrected chi connectivity index (χ0v) is 11.6. The van der Waals surface area contributed by atoms with Gasteiger partial charge in [-0.1, -0.05) is 6.92 Å². The zero-order chi connectivity index (χ0) is 12.1. The zero-order valence-electron chi connectivity index (χ0n) is 11.6. The number of rotatable bonds is 7. The highest BCUT2D eigenvalue weighted by Crippen LogP contribution is 2.18. The van der Waals surface area contributed by atoms with Gasteiger partial charge in [-0.05, 0) is 45.7 Å². The molecule has 3 nitrogen and oxygen atoms in total. The molecule has 100 valence electrons. The lowest BCUT2D eigenvalue weighted by Gasteiger charge is -2.37. The van der Waals surface area contributed by atoms with Gasteiger partial charge in [0.15, 0.2) is 0 Å². The van der Waals surface area contributed by atoms with Crippen molar-refractivity contribution in [3.8, 4) is 0 Å². The lowest BCUT2D eigenvalue weighted by molar-refractivity contribution is 0.101. The molecule has 0 aromatic rings. The quantitative estimate of drug-likeness (QED) is 0.680. The first-order valence-electron chi connectivity index (χ1n) is 7.49. The van der Waals surface area contributed by atoms with Crippen molar-refractivity contribution in [3.05, 3.63) is 0 Å². The Morgan fingerprint density at radius 3 is 2.47 bits per heavy atom. The molecule has 1 aliphatic heterocycles. The van der Waals surface area contributed by atoms with E-state index in [0.717, 1.165) is 12.1 Å². The maximum atomic E-state index is 3.60. The molecular formula is C14H29N3. The number of hydrogen-bond donors (Lipinski definition) is 1. The molecule has 1 aliphatic carbocycles. The summed E-state index contributed by atoms with van der Waals surface area (Å²) in [6, 6.07) is 1.65. The van der Waals surface area contributed by atoms with Gasteiger partial charge in [0.2, 0.25) is 0 Å². The van der Waals surface area contributed by atoms with Crippen molar-refractivity contribution in [2.75, 3.05) is 39.3 Å². The van der Waals surface area contributed by atoms with Crippen LogP contribution in [-0.2, 0) is 0 Å². The monoisotopic (exact) mass is 239 g/mol. The fraction of sp³-hybridized carbons (Fsp3) is 1.00. The molecule has 2 rings (SSSR count). The minimum atomic E-state index is 0.773. The normalized spacial score (nSPS) is 25.1. The molecule has 0 aromatic heterocycles. The van der Waals surface area contributed by atoms with Crippen LogP contribution in [0.4, 0.5) is 0 Å². The second-order valence-corrected chi connectivity index (χ2v) is 5.69. The maximum absolute atomic E-state index is 3.60. The van der Waals surface area contributed by atoms with Gasteiger partial charge in [0.1, 0.15) is 0 Å². The molecule has 1 atom stereocenters. The van der Waals surface area contributed by atoms with Gasteiger partial charge in [-0.2, -0.15) is 0 Å². The summed E-state index contributed by atoms with van der Waals surface area (Å²) < 4.78 is 0. The molecule has 1 saturated heterocycles. The van der Waals surface area contributed by atoms with E-state index in [-0.39, 0.29) is 0 Å². The first kappa shape index (κ1) is 13.3. The van der Waals surface area contributed by atoms with Crippen LogP contribution < -0.4 is 5.32 Å². The molecule has 17 heavy (non-hydrogen) atoms. The Morgan fingerprint density at radius 2 is 1.88 bits per heavy atom. The third kappa shape index (κ3) is 4.57. The molecule has 0 radical (unpaired) electrons. The van der Waals surface area contributed by atoms with E-state index < -0.39 is 0 Å². The van der Waals surface area contributed by atoms with Crippen LogP contribution in [0.1, 0.15) is 39.5 Å². The summed E-state index contributed by atoms with van der Waals surface area (Å²) in [5.41, 5.74) is 0. The van der Waals surface area contributed by atoms with Crippen molar-refractivity contribution >= 4 is 0 Å². The summed E-state index contributed by atoms with van der Waals surface area (Å²) in [5, 5.41) is 3.60. The number of likely N-dealkylation sites (N-methyl/N-ethyl adjacent to an activating group) is 1. The van der Waals surface area contributed by atoms with Crippen molar-refractivity contribution in [1.82, 2.24) is 15.1 Å². The van der Waals surface area contributed by atoms with E-state index in [1.54, 1.807) is 0 Å². The minimum absolute atomic E-state index is 0.773. The second-order valence-electron chi connectivity index (χ2n) is 5.69. The Kier molecular flexibility index (Phi) is 5.26. The van der Waals surface area contributed by atoms with E-state index in [0.29, 0.717) is 0 Å². The summed E-state index contributed by atoms with van der Waals surface area (Å²) >= 11 is 0. The second kappa shape index (κ2) is 6.72. The SMILES string of the molecule is CCN1CCN(C(C)CCCNC2CC2)CC1. The third-order valence-corrected chi connectivity index (χ3v) is 4.29. The standard InChI is InChI=1S/C14H29N3/c1-3-16-9-11-17(12-10-16)13(2)5-4-8-15-14-6-7-14/h13-15H,3-12H2,1-2H3. The highest BCUT2D eigenvalue weighted by Gasteiger charge is 2.21. The topological polar surface area (TPSA) is 18.5 Å². The fourth-order valence-electron chi connectivity index (χ4n) is 2.69. The van der Waals surface area contributed by atoms with Crippen molar-refractivity contribution in [3.63, 3.8) is 0 Å². The van der Waals surface area contributed by atoms with Gasteiger partial charge >= 0.3 is 0 Å². The largest absolute Gasteiger partial charge is 0.314 e. The van der Waals surface area contributed by atoms with E-state index in [4.69, 9.17) is 0 Å². The molecule has 1 heterocycles. The third-order valence-electron chi connectivity index (χ3n) is 4.29. The van der Waals surface area contributed by atoms with Crippen LogP contribution in [0.15, 0.2) is 0 Å². The first-order valence-corrected chi connectivity index (χ1v) is 7.49. The van der Waals surface area contributed by atoms with E-state index in [9.17, 15) is 0 Å². The number of nitrogens with one attached hydrogen (secondary N) is 1. The van der Waals surface area contributed by atoms with Crippen LogP contribution in [0, 0.1) is 0 Å². The van der Waals surface area contributed by atoms with Gasteiger partial charge in [0.05, 0.1) is 0 Å². The van der Waals surface area contributed by atoms with Crippen LogP contribution in [0.5, 0.6) is 0 Å². The fourth-order valence-corrected chi connectivity index (χ4v) is 2.69. The van der Waals surface area contributed by atoms with Crippen molar-refractivity contribution in [2.24, 2.45) is 0 Å². The Hall–Kier alpha value is -0.120. The van der Waals surface area contributed by atoms with Gasteiger partial charge in [-0.15, -0.1) is 0 Å². The summed E-state index contributed by atoms with van der Waals surface area (Å²) in [7, 11) is 0. The summed E-state index contributed by atoms with van der Waals surface area (Å²) in [4.78, 5) is 5.22. The highest BCUT2D eigenvalue weighted by molar-refractivity contribution is 4.81. The smallest absolute Gasteiger partial charge is 0.0113 e. The maximum Gasteiger partial charge on any atom is 0.0113 e. The molecule has 3 heteroatoms. The van der Waals surface area contributed by atoms with Gasteiger partial charge in [0.25, 0.3) is 0 Å². The summed E-state index contributed by atoms with van der Waals surface area (Å²) in [6.45, 7) is 12.2. The molecule has 0 aromatic carbocycles. The van der Waals surface area contributed by atoms with E-state index in [1.807, 2.05) is 0 Å². The first-order chi connectivity index (χ1) is 8.29. The predicted molar refractivity (Wildman–Crippen MR) is 73.4 cm³/mol. The Balaban J connectivity index is 1.54. The number of piperazine rings is 1. The number of hydrogen-bond acceptors (Lipinski definition) is 3. The molecular weight excluding hydrogens is 210 g/mol. The van der Waals surface area contributed by atoms with Gasteiger partial charge < -0.3 is 10.2 Å². The molecule has 1 unspecified atom stereocenters. The Labute approximate surface area is 107 Å². The van der Waals surface area contributed by atoms with Crippen LogP contribution in [-0.4, -0.2) is 61.2 Å². The van der Waals surface area contributed by atoms with Crippen LogP contribution in [0.25, 0.3) is 0 Å². The van der Waals surface area contributed by atoms with Gasteiger partial charge in [-0.25, -0.2) is 0 Å². The molecule has 2 aliphatic rings. The number of nitrogens with zero attached hydrogens (tertiary/aromatic N) is 2. The average molecular weight is 239 g/mol. The summed E-state index contributed by atoms with van der Waals surface area (Å²) in [6.07, 6.45) is 5.51. The van der Waals surface area contributed by atoms with Crippen molar-refractivity contribution in [1.29, 1.82) is 0 Å². The van der Waals surface area contributed by atoms with E-state index in [1.165, 1.54) is 65.0 Å². The van der Waals surface area contributed by atoms with E-state index >= 15 is 0 Å². The van der Waals surface area contributed by atoms with Crippen molar-refractivity contribution in [2.45, 2.75) is 51.6 Å². The lowest BCUT2D eigenvalue weighted by atomic mass is 10.1.